The molecule has 0 amide bonds. The maximum Gasteiger partial charge on any atom is 0.330 e. The lowest BCUT2D eigenvalue weighted by atomic mass is 9.83. The second-order valence-corrected chi connectivity index (χ2v) is 7.34. The van der Waals surface area contributed by atoms with Gasteiger partial charge < -0.3 is 9.84 Å². The molecule has 0 aromatic heterocycles. The molecule has 0 unspecified atom stereocenters. The molecule has 1 aliphatic carbocycles. The molecule has 2 aromatic carbocycles. The molecule has 0 saturated heterocycles. The third-order valence-corrected chi connectivity index (χ3v) is 5.50. The van der Waals surface area contributed by atoms with Crippen molar-refractivity contribution in [2.24, 2.45) is 0 Å². The van der Waals surface area contributed by atoms with E-state index < -0.39 is 5.97 Å². The van der Waals surface area contributed by atoms with Gasteiger partial charge in [-0.05, 0) is 59.6 Å². The smallest absolute Gasteiger partial charge is 0.330 e. The Bertz CT molecular complexity index is 838. The van der Waals surface area contributed by atoms with Crippen LogP contribution in [0.2, 0.25) is 0 Å². The first-order valence-electron chi connectivity index (χ1n) is 9.94. The quantitative estimate of drug-likeness (QED) is 0.522. The van der Waals surface area contributed by atoms with Crippen molar-refractivity contribution in [1.29, 1.82) is 0 Å². The highest BCUT2D eigenvalue weighted by atomic mass is 19.1. The molecule has 1 aliphatic rings. The fourth-order valence-electron chi connectivity index (χ4n) is 3.96. The Kier molecular flexibility index (Phi) is 6.99. The van der Waals surface area contributed by atoms with E-state index in [0.717, 1.165) is 41.2 Å². The van der Waals surface area contributed by atoms with Crippen molar-refractivity contribution in [3.8, 4) is 11.1 Å². The lowest BCUT2D eigenvalue weighted by Crippen LogP contribution is -2.06. The molecule has 148 valence electrons. The van der Waals surface area contributed by atoms with Gasteiger partial charge in [0.05, 0.1) is 0 Å². The molecule has 1 N–H and O–H groups in total. The summed E-state index contributed by atoms with van der Waals surface area (Å²) in [6.07, 6.45) is 7.53. The highest BCUT2D eigenvalue weighted by Gasteiger charge is 2.17. The van der Waals surface area contributed by atoms with E-state index in [-0.39, 0.29) is 19.0 Å². The van der Waals surface area contributed by atoms with Crippen molar-refractivity contribution in [2.75, 3.05) is 6.61 Å². The molecule has 1 saturated carbocycles. The summed E-state index contributed by atoms with van der Waals surface area (Å²) in [5.41, 5.74) is 3.99. The largest absolute Gasteiger partial charge is 0.458 e. The highest BCUT2D eigenvalue weighted by molar-refractivity contribution is 5.81. The SMILES string of the molecule is C=CC(=O)OCc1cc(-c2ccc(C3CCCCC3)cc2F)ccc1CCO. The van der Waals surface area contributed by atoms with Gasteiger partial charge in [-0.25, -0.2) is 9.18 Å². The topological polar surface area (TPSA) is 46.5 Å². The van der Waals surface area contributed by atoms with Gasteiger partial charge in [0.15, 0.2) is 0 Å². The van der Waals surface area contributed by atoms with E-state index in [0.29, 0.717) is 17.9 Å². The molecule has 0 spiro atoms. The van der Waals surface area contributed by atoms with Crippen LogP contribution in [0, 0.1) is 5.82 Å². The fourth-order valence-corrected chi connectivity index (χ4v) is 3.96. The molecular formula is C24H27FO3. The van der Waals surface area contributed by atoms with Gasteiger partial charge in [-0.2, -0.15) is 0 Å². The van der Waals surface area contributed by atoms with E-state index in [1.807, 2.05) is 30.3 Å². The minimum absolute atomic E-state index is 0.00774. The van der Waals surface area contributed by atoms with Gasteiger partial charge in [-0.15, -0.1) is 0 Å². The van der Waals surface area contributed by atoms with Gasteiger partial charge in [-0.3, -0.25) is 0 Å². The van der Waals surface area contributed by atoms with Gasteiger partial charge in [0, 0.05) is 18.2 Å². The number of carbonyl (C=O) groups is 1. The Morgan fingerprint density at radius 2 is 1.93 bits per heavy atom. The third-order valence-electron chi connectivity index (χ3n) is 5.50. The zero-order valence-corrected chi connectivity index (χ0v) is 16.1. The molecule has 1 fully saturated rings. The van der Waals surface area contributed by atoms with Crippen molar-refractivity contribution in [2.45, 2.75) is 51.0 Å². The van der Waals surface area contributed by atoms with Crippen LogP contribution in [0.25, 0.3) is 11.1 Å². The Balaban J connectivity index is 1.87. The first kappa shape index (κ1) is 20.3. The molecule has 0 aliphatic heterocycles. The van der Waals surface area contributed by atoms with E-state index >= 15 is 0 Å². The lowest BCUT2D eigenvalue weighted by molar-refractivity contribution is -0.138. The standard InChI is InChI=1S/C24H27FO3/c1-2-24(27)28-16-21-14-20(9-8-18(21)12-13-26)22-11-10-19(15-23(22)25)17-6-4-3-5-7-17/h2,8-11,14-15,17,26H,1,3-7,12-13,16H2. The summed E-state index contributed by atoms with van der Waals surface area (Å²) in [5, 5.41) is 9.27. The number of carbonyl (C=O) groups excluding carboxylic acids is 1. The van der Waals surface area contributed by atoms with E-state index in [1.54, 1.807) is 6.07 Å². The van der Waals surface area contributed by atoms with Gasteiger partial charge >= 0.3 is 5.97 Å². The minimum atomic E-state index is -0.511. The Morgan fingerprint density at radius 1 is 1.14 bits per heavy atom. The lowest BCUT2D eigenvalue weighted by Gasteiger charge is -2.22. The minimum Gasteiger partial charge on any atom is -0.458 e. The number of aliphatic hydroxyl groups excluding tert-OH is 1. The molecule has 0 bridgehead atoms. The van der Waals surface area contributed by atoms with Gasteiger partial charge in [0.1, 0.15) is 12.4 Å². The number of hydrogen-bond donors (Lipinski definition) is 1. The summed E-state index contributed by atoms with van der Waals surface area (Å²) in [5.74, 6) is -0.284. The number of hydrogen-bond acceptors (Lipinski definition) is 3. The Morgan fingerprint density at radius 3 is 2.61 bits per heavy atom. The summed E-state index contributed by atoms with van der Waals surface area (Å²) >= 11 is 0. The third kappa shape index (κ3) is 4.87. The summed E-state index contributed by atoms with van der Waals surface area (Å²) in [4.78, 5) is 11.4. The molecule has 0 atom stereocenters. The Hall–Kier alpha value is -2.46. The van der Waals surface area contributed by atoms with Crippen LogP contribution in [-0.4, -0.2) is 17.7 Å². The predicted molar refractivity (Wildman–Crippen MR) is 108 cm³/mol. The van der Waals surface area contributed by atoms with Crippen LogP contribution >= 0.6 is 0 Å². The van der Waals surface area contributed by atoms with E-state index in [2.05, 4.69) is 6.58 Å². The second kappa shape index (κ2) is 9.65. The van der Waals surface area contributed by atoms with Crippen molar-refractivity contribution in [3.63, 3.8) is 0 Å². The molecule has 2 aromatic rings. The predicted octanol–water partition coefficient (Wildman–Crippen LogP) is 5.30. The van der Waals surface area contributed by atoms with Crippen LogP contribution in [0.4, 0.5) is 4.39 Å². The van der Waals surface area contributed by atoms with E-state index in [9.17, 15) is 14.3 Å². The van der Waals surface area contributed by atoms with Crippen molar-refractivity contribution in [1.82, 2.24) is 0 Å². The van der Waals surface area contributed by atoms with Crippen molar-refractivity contribution < 1.29 is 19.0 Å². The number of benzene rings is 2. The van der Waals surface area contributed by atoms with Crippen LogP contribution in [-0.2, 0) is 22.6 Å². The van der Waals surface area contributed by atoms with Gasteiger partial charge in [0.25, 0.3) is 0 Å². The average Bonchev–Trinajstić information content (AvgIpc) is 2.73. The number of esters is 1. The molecule has 0 radical (unpaired) electrons. The van der Waals surface area contributed by atoms with E-state index in [1.165, 1.54) is 19.3 Å². The van der Waals surface area contributed by atoms with Crippen molar-refractivity contribution >= 4 is 5.97 Å². The summed E-state index contributed by atoms with van der Waals surface area (Å²) in [7, 11) is 0. The zero-order valence-electron chi connectivity index (χ0n) is 16.1. The van der Waals surface area contributed by atoms with Crippen LogP contribution in [0.5, 0.6) is 0 Å². The summed E-state index contributed by atoms with van der Waals surface area (Å²) in [6, 6.07) is 11.1. The molecule has 0 heterocycles. The number of aliphatic hydroxyl groups is 1. The fraction of sp³-hybridized carbons (Fsp3) is 0.375. The monoisotopic (exact) mass is 382 g/mol. The van der Waals surface area contributed by atoms with Crippen LogP contribution in [0.3, 0.4) is 0 Å². The molecular weight excluding hydrogens is 355 g/mol. The highest BCUT2D eigenvalue weighted by Crippen LogP contribution is 2.35. The molecule has 4 heteroatoms. The number of ether oxygens (including phenoxy) is 1. The van der Waals surface area contributed by atoms with Gasteiger partial charge in [0.2, 0.25) is 0 Å². The number of rotatable bonds is 7. The van der Waals surface area contributed by atoms with Crippen LogP contribution in [0.1, 0.15) is 54.7 Å². The first-order chi connectivity index (χ1) is 13.6. The van der Waals surface area contributed by atoms with Crippen molar-refractivity contribution in [3.05, 3.63) is 71.6 Å². The first-order valence-corrected chi connectivity index (χ1v) is 9.94. The number of halogens is 1. The van der Waals surface area contributed by atoms with E-state index in [4.69, 9.17) is 4.74 Å². The zero-order chi connectivity index (χ0) is 19.9. The summed E-state index contributed by atoms with van der Waals surface area (Å²) < 4.78 is 20.1. The van der Waals surface area contributed by atoms with Gasteiger partial charge in [-0.1, -0.05) is 50.1 Å². The molecule has 3 rings (SSSR count). The Labute approximate surface area is 165 Å². The average molecular weight is 382 g/mol. The maximum atomic E-state index is 14.9. The molecule has 28 heavy (non-hydrogen) atoms. The maximum absolute atomic E-state index is 14.9. The second-order valence-electron chi connectivity index (χ2n) is 7.34. The normalized spacial score (nSPS) is 14.6. The molecule has 3 nitrogen and oxygen atoms in total. The van der Waals surface area contributed by atoms with Crippen LogP contribution < -0.4 is 0 Å². The van der Waals surface area contributed by atoms with Crippen LogP contribution in [0.15, 0.2) is 49.1 Å². The summed E-state index contributed by atoms with van der Waals surface area (Å²) in [6.45, 7) is 3.45.